The van der Waals surface area contributed by atoms with Crippen molar-refractivity contribution in [2.75, 3.05) is 5.75 Å². The maximum absolute atomic E-state index is 13.8. The second kappa shape index (κ2) is 8.30. The van der Waals surface area contributed by atoms with Crippen LogP contribution in [0.1, 0.15) is 34.1 Å². The number of carbonyl (C=O) groups excluding carboxylic acids is 1. The molecule has 1 amide bonds. The summed E-state index contributed by atoms with van der Waals surface area (Å²) in [5, 5.41) is 12.0. The van der Waals surface area contributed by atoms with Gasteiger partial charge in [-0.05, 0) is 37.5 Å². The summed E-state index contributed by atoms with van der Waals surface area (Å²) in [5.74, 6) is 0.193. The molecule has 2 heterocycles. The van der Waals surface area contributed by atoms with Gasteiger partial charge in [-0.1, -0.05) is 32.5 Å². The summed E-state index contributed by atoms with van der Waals surface area (Å²) < 4.78 is 17.0. The van der Waals surface area contributed by atoms with Crippen molar-refractivity contribution >= 4 is 34.3 Å². The van der Waals surface area contributed by atoms with Crippen LogP contribution in [0.5, 0.6) is 0 Å². The number of benzene rings is 1. The van der Waals surface area contributed by atoms with Crippen LogP contribution in [-0.4, -0.2) is 36.9 Å². The predicted molar refractivity (Wildman–Crippen MR) is 108 cm³/mol. The van der Waals surface area contributed by atoms with Gasteiger partial charge in [-0.3, -0.25) is 18.6 Å². The molecule has 0 radical (unpaired) electrons. The van der Waals surface area contributed by atoms with Gasteiger partial charge < -0.3 is 5.32 Å². The second-order valence-electron chi connectivity index (χ2n) is 7.25. The molecule has 0 spiro atoms. The Bertz CT molecular complexity index is 1080. The summed E-state index contributed by atoms with van der Waals surface area (Å²) in [7, 11) is 0. The minimum atomic E-state index is -0.477. The van der Waals surface area contributed by atoms with E-state index in [1.165, 1.54) is 28.5 Å². The Balaban J connectivity index is 2.08. The van der Waals surface area contributed by atoms with E-state index in [0.29, 0.717) is 23.0 Å². The number of hydrogen-bond donors (Lipinski definition) is 1. The number of rotatable bonds is 7. The zero-order valence-corrected chi connectivity index (χ0v) is 17.2. The fraction of sp³-hybridized carbons (Fsp3) is 0.474. The minimum absolute atomic E-state index is 0.0954. The van der Waals surface area contributed by atoms with E-state index in [2.05, 4.69) is 15.5 Å². The first-order valence-corrected chi connectivity index (χ1v) is 10.3. The topological polar surface area (TPSA) is 81.3 Å². The number of carbonyl (C=O) groups is 1. The molecule has 1 unspecified atom stereocenters. The number of nitrogens with one attached hydrogen (secondary N) is 1. The number of halogens is 1. The van der Waals surface area contributed by atoms with Gasteiger partial charge in [0.2, 0.25) is 11.7 Å². The number of fused-ring (bicyclic) bond motifs is 3. The van der Waals surface area contributed by atoms with Crippen LogP contribution in [0.3, 0.4) is 0 Å². The minimum Gasteiger partial charge on any atom is -0.353 e. The Kier molecular flexibility index (Phi) is 6.02. The average Bonchev–Trinajstić information content (AvgIpc) is 3.07. The van der Waals surface area contributed by atoms with E-state index < -0.39 is 5.82 Å². The van der Waals surface area contributed by atoms with Crippen molar-refractivity contribution in [1.82, 2.24) is 24.5 Å². The van der Waals surface area contributed by atoms with Gasteiger partial charge >= 0.3 is 0 Å². The van der Waals surface area contributed by atoms with Gasteiger partial charge in [-0.2, -0.15) is 0 Å². The fourth-order valence-corrected chi connectivity index (χ4v) is 3.68. The molecular formula is C19H24FN5O2S. The molecule has 28 heavy (non-hydrogen) atoms. The Morgan fingerprint density at radius 2 is 2.04 bits per heavy atom. The first kappa shape index (κ1) is 20.3. The van der Waals surface area contributed by atoms with Crippen molar-refractivity contribution < 1.29 is 9.18 Å². The number of hydrogen-bond acceptors (Lipinski definition) is 5. The van der Waals surface area contributed by atoms with E-state index in [-0.39, 0.29) is 34.6 Å². The van der Waals surface area contributed by atoms with E-state index in [1.54, 1.807) is 10.5 Å². The van der Waals surface area contributed by atoms with Gasteiger partial charge in [0.05, 0.1) is 16.7 Å². The van der Waals surface area contributed by atoms with Crippen LogP contribution in [-0.2, 0) is 11.3 Å². The zero-order valence-electron chi connectivity index (χ0n) is 16.4. The summed E-state index contributed by atoms with van der Waals surface area (Å²) >= 11 is 1.24. The molecule has 1 aromatic carbocycles. The molecule has 0 aliphatic rings. The van der Waals surface area contributed by atoms with Crippen LogP contribution in [0.4, 0.5) is 4.39 Å². The maximum Gasteiger partial charge on any atom is 0.262 e. The molecule has 9 heteroatoms. The largest absolute Gasteiger partial charge is 0.353 e. The normalized spacial score (nSPS) is 12.8. The Morgan fingerprint density at radius 3 is 2.71 bits per heavy atom. The molecule has 7 nitrogen and oxygen atoms in total. The molecule has 0 bridgehead atoms. The number of aromatic nitrogens is 4. The summed E-state index contributed by atoms with van der Waals surface area (Å²) in [6, 6.07) is 4.19. The second-order valence-corrected chi connectivity index (χ2v) is 8.20. The molecular weight excluding hydrogens is 381 g/mol. The lowest BCUT2D eigenvalue weighted by Crippen LogP contribution is -2.33. The Morgan fingerprint density at radius 1 is 1.29 bits per heavy atom. The van der Waals surface area contributed by atoms with Gasteiger partial charge in [0.25, 0.3) is 5.56 Å². The number of thioether (sulfide) groups is 1. The lowest BCUT2D eigenvalue weighted by Gasteiger charge is -2.13. The van der Waals surface area contributed by atoms with Crippen molar-refractivity contribution in [1.29, 1.82) is 0 Å². The lowest BCUT2D eigenvalue weighted by atomic mass is 10.2. The van der Waals surface area contributed by atoms with Crippen molar-refractivity contribution in [3.05, 3.63) is 34.4 Å². The molecule has 0 aliphatic heterocycles. The average molecular weight is 405 g/mol. The SMILES string of the molecule is CCC(C)NC(=O)CSc1nnc2n(CC(C)C)c(=O)c3cc(F)ccc3n12. The maximum atomic E-state index is 13.8. The third-order valence-corrected chi connectivity index (χ3v) is 5.36. The monoisotopic (exact) mass is 405 g/mol. The highest BCUT2D eigenvalue weighted by Crippen LogP contribution is 2.22. The number of amides is 1. The third kappa shape index (κ3) is 4.04. The first-order chi connectivity index (χ1) is 13.3. The molecule has 1 N–H and O–H groups in total. The standard InChI is InChI=1S/C19H24FN5O2S/c1-5-12(4)21-16(26)10-28-19-23-22-18-24(9-11(2)3)17(27)14-8-13(20)6-7-15(14)25(18)19/h6-8,11-12H,5,9-10H2,1-4H3,(H,21,26). The van der Waals surface area contributed by atoms with Crippen LogP contribution in [0.2, 0.25) is 0 Å². The quantitative estimate of drug-likeness (QED) is 0.612. The highest BCUT2D eigenvalue weighted by molar-refractivity contribution is 7.99. The molecule has 3 aromatic rings. The summed E-state index contributed by atoms with van der Waals surface area (Å²) in [6.07, 6.45) is 0.849. The molecule has 0 saturated carbocycles. The molecule has 0 saturated heterocycles. The Labute approximate surface area is 166 Å². The molecule has 150 valence electrons. The third-order valence-electron chi connectivity index (χ3n) is 4.43. The van der Waals surface area contributed by atoms with Gasteiger partial charge in [-0.25, -0.2) is 4.39 Å². The van der Waals surface area contributed by atoms with E-state index in [1.807, 2.05) is 27.7 Å². The fourth-order valence-electron chi connectivity index (χ4n) is 2.93. The summed E-state index contributed by atoms with van der Waals surface area (Å²) in [5.41, 5.74) is 0.227. The van der Waals surface area contributed by atoms with Gasteiger partial charge in [0, 0.05) is 12.6 Å². The molecule has 2 aromatic heterocycles. The predicted octanol–water partition coefficient (Wildman–Crippen LogP) is 2.85. The van der Waals surface area contributed by atoms with Gasteiger partial charge in [0.15, 0.2) is 5.16 Å². The molecule has 0 fully saturated rings. The Hall–Kier alpha value is -2.42. The van der Waals surface area contributed by atoms with Crippen molar-refractivity contribution in [2.45, 2.75) is 51.9 Å². The smallest absolute Gasteiger partial charge is 0.262 e. The lowest BCUT2D eigenvalue weighted by molar-refractivity contribution is -0.119. The van der Waals surface area contributed by atoms with Crippen molar-refractivity contribution in [3.63, 3.8) is 0 Å². The van der Waals surface area contributed by atoms with E-state index in [4.69, 9.17) is 0 Å². The molecule has 3 rings (SSSR count). The highest BCUT2D eigenvalue weighted by atomic mass is 32.2. The van der Waals surface area contributed by atoms with Crippen LogP contribution in [0, 0.1) is 11.7 Å². The molecule has 1 atom stereocenters. The van der Waals surface area contributed by atoms with Gasteiger partial charge in [-0.15, -0.1) is 10.2 Å². The number of nitrogens with zero attached hydrogens (tertiary/aromatic N) is 4. The summed E-state index contributed by atoms with van der Waals surface area (Å²) in [4.78, 5) is 25.0. The van der Waals surface area contributed by atoms with Crippen molar-refractivity contribution in [3.8, 4) is 0 Å². The van der Waals surface area contributed by atoms with E-state index >= 15 is 0 Å². The first-order valence-electron chi connectivity index (χ1n) is 9.31. The van der Waals surface area contributed by atoms with Crippen LogP contribution in [0.25, 0.3) is 16.7 Å². The van der Waals surface area contributed by atoms with Crippen LogP contribution < -0.4 is 10.9 Å². The zero-order chi connectivity index (χ0) is 20.4. The van der Waals surface area contributed by atoms with E-state index in [9.17, 15) is 14.0 Å². The highest BCUT2D eigenvalue weighted by Gasteiger charge is 2.19. The molecule has 0 aliphatic carbocycles. The van der Waals surface area contributed by atoms with Crippen LogP contribution in [0.15, 0.2) is 28.2 Å². The van der Waals surface area contributed by atoms with Crippen LogP contribution >= 0.6 is 11.8 Å². The van der Waals surface area contributed by atoms with E-state index in [0.717, 1.165) is 6.42 Å². The summed E-state index contributed by atoms with van der Waals surface area (Å²) in [6.45, 7) is 8.37. The van der Waals surface area contributed by atoms with Crippen molar-refractivity contribution in [2.24, 2.45) is 5.92 Å². The van der Waals surface area contributed by atoms with Gasteiger partial charge in [0.1, 0.15) is 5.82 Å².